The molecule has 0 aromatic heterocycles. The van der Waals surface area contributed by atoms with Gasteiger partial charge in [0.05, 0.1) is 11.0 Å². The number of nitrogens with one attached hydrogen (secondary N) is 1. The molecule has 0 saturated heterocycles. The van der Waals surface area contributed by atoms with Crippen molar-refractivity contribution in [1.29, 1.82) is 0 Å². The van der Waals surface area contributed by atoms with Crippen molar-refractivity contribution in [2.75, 3.05) is 11.9 Å². The fourth-order valence-electron chi connectivity index (χ4n) is 1.97. The van der Waals surface area contributed by atoms with Gasteiger partial charge in [-0.1, -0.05) is 37.3 Å². The molecule has 1 atom stereocenters. The predicted octanol–water partition coefficient (Wildman–Crippen LogP) is 3.95. The first kappa shape index (κ1) is 14.0. The largest absolute Gasteiger partial charge is 0.379 e. The molecular formula is C15H15FN2O2. The number of hydrogen-bond acceptors (Lipinski definition) is 3. The minimum absolute atomic E-state index is 0.195. The van der Waals surface area contributed by atoms with Crippen LogP contribution in [-0.4, -0.2) is 11.5 Å². The fourth-order valence-corrected chi connectivity index (χ4v) is 1.97. The molecule has 104 valence electrons. The van der Waals surface area contributed by atoms with Gasteiger partial charge in [0.1, 0.15) is 11.5 Å². The number of rotatable bonds is 5. The standard InChI is InChI=1S/C15H15FN2O2/c1-11(12-5-3-2-4-6-12)10-17-14-8-7-13(16)9-15(14)18(19)20/h2-9,11,17H,10H2,1H3. The van der Waals surface area contributed by atoms with Crippen LogP contribution >= 0.6 is 0 Å². The van der Waals surface area contributed by atoms with Crippen molar-refractivity contribution in [3.63, 3.8) is 0 Å². The lowest BCUT2D eigenvalue weighted by molar-refractivity contribution is -0.384. The number of anilines is 1. The summed E-state index contributed by atoms with van der Waals surface area (Å²) in [5.74, 6) is -0.417. The van der Waals surface area contributed by atoms with Crippen molar-refractivity contribution in [2.24, 2.45) is 0 Å². The van der Waals surface area contributed by atoms with E-state index in [2.05, 4.69) is 5.32 Å². The van der Waals surface area contributed by atoms with E-state index < -0.39 is 10.7 Å². The molecule has 20 heavy (non-hydrogen) atoms. The summed E-state index contributed by atoms with van der Waals surface area (Å²) < 4.78 is 13.0. The Morgan fingerprint density at radius 2 is 1.95 bits per heavy atom. The number of halogens is 1. The van der Waals surface area contributed by atoms with Crippen LogP contribution < -0.4 is 5.32 Å². The SMILES string of the molecule is CC(CNc1ccc(F)cc1[N+](=O)[O-])c1ccccc1. The van der Waals surface area contributed by atoms with Gasteiger partial charge in [-0.25, -0.2) is 4.39 Å². The van der Waals surface area contributed by atoms with Crippen molar-refractivity contribution >= 4 is 11.4 Å². The molecule has 0 aliphatic rings. The van der Waals surface area contributed by atoms with Gasteiger partial charge in [-0.3, -0.25) is 10.1 Å². The Hall–Kier alpha value is -2.43. The van der Waals surface area contributed by atoms with E-state index in [1.165, 1.54) is 12.1 Å². The maximum Gasteiger partial charge on any atom is 0.295 e. The average molecular weight is 274 g/mol. The van der Waals surface area contributed by atoms with Gasteiger partial charge in [-0.05, 0) is 23.6 Å². The van der Waals surface area contributed by atoms with Crippen molar-refractivity contribution in [1.82, 2.24) is 0 Å². The molecule has 4 nitrogen and oxygen atoms in total. The summed E-state index contributed by atoms with van der Waals surface area (Å²) in [6.07, 6.45) is 0. The number of nitro groups is 1. The maximum absolute atomic E-state index is 13.0. The summed E-state index contributed by atoms with van der Waals surface area (Å²) in [7, 11) is 0. The highest BCUT2D eigenvalue weighted by molar-refractivity contribution is 5.61. The van der Waals surface area contributed by atoms with Crippen LogP contribution in [0.4, 0.5) is 15.8 Å². The maximum atomic E-state index is 13.0. The van der Waals surface area contributed by atoms with Crippen LogP contribution in [0.1, 0.15) is 18.4 Å². The van der Waals surface area contributed by atoms with Gasteiger partial charge in [-0.15, -0.1) is 0 Å². The Labute approximate surface area is 116 Å². The molecule has 0 radical (unpaired) electrons. The smallest absolute Gasteiger partial charge is 0.295 e. The molecule has 2 aromatic carbocycles. The zero-order valence-corrected chi connectivity index (χ0v) is 11.0. The van der Waals surface area contributed by atoms with E-state index in [1.807, 2.05) is 37.3 Å². The van der Waals surface area contributed by atoms with Gasteiger partial charge in [0, 0.05) is 6.54 Å². The fraction of sp³-hybridized carbons (Fsp3) is 0.200. The molecule has 0 saturated carbocycles. The average Bonchev–Trinajstić information content (AvgIpc) is 2.46. The second-order valence-electron chi connectivity index (χ2n) is 4.61. The highest BCUT2D eigenvalue weighted by Crippen LogP contribution is 2.26. The van der Waals surface area contributed by atoms with Crippen molar-refractivity contribution in [3.05, 3.63) is 70.0 Å². The van der Waals surface area contributed by atoms with Crippen LogP contribution in [0.3, 0.4) is 0 Å². The van der Waals surface area contributed by atoms with Gasteiger partial charge in [0.25, 0.3) is 5.69 Å². The third-order valence-corrected chi connectivity index (χ3v) is 3.12. The molecule has 0 bridgehead atoms. The first-order valence-electron chi connectivity index (χ1n) is 6.30. The van der Waals surface area contributed by atoms with Crippen LogP contribution in [0.25, 0.3) is 0 Å². The van der Waals surface area contributed by atoms with Gasteiger partial charge in [0.15, 0.2) is 0 Å². The van der Waals surface area contributed by atoms with Crippen LogP contribution in [0.5, 0.6) is 0 Å². The lowest BCUT2D eigenvalue weighted by Gasteiger charge is -2.14. The number of nitrogens with zero attached hydrogens (tertiary/aromatic N) is 1. The van der Waals surface area contributed by atoms with Crippen LogP contribution in [-0.2, 0) is 0 Å². The first-order chi connectivity index (χ1) is 9.58. The van der Waals surface area contributed by atoms with E-state index in [-0.39, 0.29) is 11.6 Å². The number of nitro benzene ring substituents is 1. The number of benzene rings is 2. The topological polar surface area (TPSA) is 55.2 Å². The molecule has 0 aliphatic carbocycles. The summed E-state index contributed by atoms with van der Waals surface area (Å²) in [5, 5.41) is 13.9. The highest BCUT2D eigenvalue weighted by Gasteiger charge is 2.15. The van der Waals surface area contributed by atoms with Crippen LogP contribution in [0.2, 0.25) is 0 Å². The third-order valence-electron chi connectivity index (χ3n) is 3.12. The van der Waals surface area contributed by atoms with Crippen molar-refractivity contribution in [2.45, 2.75) is 12.8 Å². The van der Waals surface area contributed by atoms with Crippen molar-refractivity contribution < 1.29 is 9.31 Å². The Morgan fingerprint density at radius 3 is 2.60 bits per heavy atom. The highest BCUT2D eigenvalue weighted by atomic mass is 19.1. The summed E-state index contributed by atoms with van der Waals surface area (Å²) in [6, 6.07) is 13.4. The van der Waals surface area contributed by atoms with E-state index in [4.69, 9.17) is 0 Å². The third kappa shape index (κ3) is 3.32. The second-order valence-corrected chi connectivity index (χ2v) is 4.61. The van der Waals surface area contributed by atoms with E-state index >= 15 is 0 Å². The zero-order valence-electron chi connectivity index (χ0n) is 11.0. The molecule has 5 heteroatoms. The molecule has 2 rings (SSSR count). The second kappa shape index (κ2) is 6.14. The normalized spacial score (nSPS) is 11.9. The zero-order chi connectivity index (χ0) is 14.5. The van der Waals surface area contributed by atoms with E-state index in [0.29, 0.717) is 12.2 Å². The predicted molar refractivity (Wildman–Crippen MR) is 76.4 cm³/mol. The lowest BCUT2D eigenvalue weighted by Crippen LogP contribution is -2.11. The van der Waals surface area contributed by atoms with Crippen LogP contribution in [0, 0.1) is 15.9 Å². The van der Waals surface area contributed by atoms with Gasteiger partial charge >= 0.3 is 0 Å². The molecule has 0 fully saturated rings. The molecular weight excluding hydrogens is 259 g/mol. The lowest BCUT2D eigenvalue weighted by atomic mass is 10.0. The summed E-state index contributed by atoms with van der Waals surface area (Å²) >= 11 is 0. The van der Waals surface area contributed by atoms with Gasteiger partial charge in [-0.2, -0.15) is 0 Å². The summed E-state index contributed by atoms with van der Waals surface area (Å²) in [5.41, 5.74) is 1.23. The van der Waals surface area contributed by atoms with Gasteiger partial charge < -0.3 is 5.32 Å². The molecule has 0 aliphatic heterocycles. The van der Waals surface area contributed by atoms with E-state index in [0.717, 1.165) is 11.6 Å². The molecule has 1 N–H and O–H groups in total. The number of hydrogen-bond donors (Lipinski definition) is 1. The first-order valence-corrected chi connectivity index (χ1v) is 6.30. The molecule has 0 heterocycles. The summed E-state index contributed by atoms with van der Waals surface area (Å²) in [6.45, 7) is 2.56. The Balaban J connectivity index is 2.09. The molecule has 1 unspecified atom stereocenters. The Kier molecular flexibility index (Phi) is 4.30. The minimum Gasteiger partial charge on any atom is -0.379 e. The molecule has 0 spiro atoms. The minimum atomic E-state index is -0.613. The summed E-state index contributed by atoms with van der Waals surface area (Å²) in [4.78, 5) is 10.3. The van der Waals surface area contributed by atoms with E-state index in [1.54, 1.807) is 0 Å². The van der Waals surface area contributed by atoms with Crippen molar-refractivity contribution in [3.8, 4) is 0 Å². The Morgan fingerprint density at radius 1 is 1.25 bits per heavy atom. The van der Waals surface area contributed by atoms with Crippen LogP contribution in [0.15, 0.2) is 48.5 Å². The quantitative estimate of drug-likeness (QED) is 0.663. The molecule has 0 amide bonds. The monoisotopic (exact) mass is 274 g/mol. The van der Waals surface area contributed by atoms with E-state index in [9.17, 15) is 14.5 Å². The molecule has 2 aromatic rings. The Bertz CT molecular complexity index is 602. The van der Waals surface area contributed by atoms with Gasteiger partial charge in [0.2, 0.25) is 0 Å².